The van der Waals surface area contributed by atoms with E-state index in [1.807, 2.05) is 36.2 Å². The fraction of sp³-hybridized carbons (Fsp3) is 0.333. The van der Waals surface area contributed by atoms with Gasteiger partial charge in [-0.15, -0.1) is 0 Å². The first-order chi connectivity index (χ1) is 13.5. The zero-order valence-electron chi connectivity index (χ0n) is 16.5. The normalized spacial score (nSPS) is 11.1. The molecule has 2 aromatic carbocycles. The van der Waals surface area contributed by atoms with Crippen LogP contribution in [0.25, 0.3) is 0 Å². The number of nitrogens with one attached hydrogen (secondary N) is 2. The molecule has 6 nitrogen and oxygen atoms in total. The molecule has 28 heavy (non-hydrogen) atoms. The smallest absolute Gasteiger partial charge is 0.224 e. The van der Waals surface area contributed by atoms with Crippen LogP contribution in [0.15, 0.2) is 53.5 Å². The minimum atomic E-state index is -0.339. The van der Waals surface area contributed by atoms with E-state index in [0.717, 1.165) is 11.3 Å². The van der Waals surface area contributed by atoms with Gasteiger partial charge in [-0.05, 0) is 23.8 Å². The van der Waals surface area contributed by atoms with Gasteiger partial charge in [0.05, 0.1) is 13.5 Å². The Bertz CT molecular complexity index is 810. The first-order valence-corrected chi connectivity index (χ1v) is 9.08. The van der Waals surface area contributed by atoms with Crippen molar-refractivity contribution in [2.45, 2.75) is 13.0 Å². The molecule has 150 valence electrons. The first kappa shape index (κ1) is 21.2. The minimum Gasteiger partial charge on any atom is -0.496 e. The Kier molecular flexibility index (Phi) is 8.27. The van der Waals surface area contributed by atoms with Gasteiger partial charge in [-0.1, -0.05) is 30.3 Å². The molecule has 2 aromatic rings. The van der Waals surface area contributed by atoms with Gasteiger partial charge in [-0.25, -0.2) is 4.39 Å². The molecule has 0 aromatic heterocycles. The van der Waals surface area contributed by atoms with Gasteiger partial charge in [0.1, 0.15) is 11.6 Å². The first-order valence-electron chi connectivity index (χ1n) is 9.08. The standard InChI is InChI=1S/C21H27FN4O2/c1-23-21(26(2)15-17-8-4-5-10-19(17)28-3)25-12-11-24-20(27)14-16-7-6-9-18(22)13-16/h4-10,13H,11-12,14-15H2,1-3H3,(H,23,25)(H,24,27). The van der Waals surface area contributed by atoms with Crippen LogP contribution in [0.2, 0.25) is 0 Å². The molecular weight excluding hydrogens is 359 g/mol. The highest BCUT2D eigenvalue weighted by atomic mass is 19.1. The molecule has 2 rings (SSSR count). The number of hydrogen-bond donors (Lipinski definition) is 2. The van der Waals surface area contributed by atoms with Crippen molar-refractivity contribution in [2.24, 2.45) is 4.99 Å². The second-order valence-corrected chi connectivity index (χ2v) is 6.30. The molecule has 0 aliphatic heterocycles. The van der Waals surface area contributed by atoms with Crippen LogP contribution in [-0.2, 0) is 17.8 Å². The zero-order valence-corrected chi connectivity index (χ0v) is 16.5. The Morgan fingerprint density at radius 3 is 2.61 bits per heavy atom. The van der Waals surface area contributed by atoms with Crippen molar-refractivity contribution in [2.75, 3.05) is 34.3 Å². The van der Waals surface area contributed by atoms with Crippen LogP contribution in [0.4, 0.5) is 4.39 Å². The number of halogens is 1. The maximum atomic E-state index is 13.2. The topological polar surface area (TPSA) is 66.0 Å². The highest BCUT2D eigenvalue weighted by molar-refractivity contribution is 5.80. The summed E-state index contributed by atoms with van der Waals surface area (Å²) in [6.07, 6.45) is 0.153. The van der Waals surface area contributed by atoms with E-state index in [1.54, 1.807) is 26.3 Å². The van der Waals surface area contributed by atoms with Gasteiger partial charge in [0.15, 0.2) is 5.96 Å². The van der Waals surface area contributed by atoms with E-state index in [0.29, 0.717) is 31.2 Å². The Morgan fingerprint density at radius 2 is 1.89 bits per heavy atom. The number of aliphatic imine (C=N–C) groups is 1. The molecule has 2 N–H and O–H groups in total. The van der Waals surface area contributed by atoms with Gasteiger partial charge < -0.3 is 20.3 Å². The maximum Gasteiger partial charge on any atom is 0.224 e. The van der Waals surface area contributed by atoms with Gasteiger partial charge in [0.25, 0.3) is 0 Å². The Balaban J connectivity index is 1.76. The van der Waals surface area contributed by atoms with Crippen molar-refractivity contribution >= 4 is 11.9 Å². The average molecular weight is 386 g/mol. The van der Waals surface area contributed by atoms with Gasteiger partial charge >= 0.3 is 0 Å². The van der Waals surface area contributed by atoms with Crippen molar-refractivity contribution in [3.8, 4) is 5.75 Å². The number of para-hydroxylation sites is 1. The van der Waals surface area contributed by atoms with Crippen LogP contribution in [0.3, 0.4) is 0 Å². The van der Waals surface area contributed by atoms with Gasteiger partial charge in [-0.2, -0.15) is 0 Å². The van der Waals surface area contributed by atoms with Crippen LogP contribution >= 0.6 is 0 Å². The second-order valence-electron chi connectivity index (χ2n) is 6.30. The van der Waals surface area contributed by atoms with E-state index in [9.17, 15) is 9.18 Å². The number of ether oxygens (including phenoxy) is 1. The van der Waals surface area contributed by atoms with Crippen LogP contribution in [-0.4, -0.2) is 51.1 Å². The fourth-order valence-corrected chi connectivity index (χ4v) is 2.82. The van der Waals surface area contributed by atoms with E-state index in [-0.39, 0.29) is 18.1 Å². The summed E-state index contributed by atoms with van der Waals surface area (Å²) >= 11 is 0. The molecule has 0 unspecified atom stereocenters. The maximum absolute atomic E-state index is 13.2. The molecule has 0 spiro atoms. The number of amides is 1. The number of nitrogens with zero attached hydrogens (tertiary/aromatic N) is 2. The summed E-state index contributed by atoms with van der Waals surface area (Å²) in [6, 6.07) is 13.9. The Labute approximate surface area is 165 Å². The number of carbonyl (C=O) groups is 1. The quantitative estimate of drug-likeness (QED) is 0.415. The van der Waals surface area contributed by atoms with Crippen molar-refractivity contribution in [3.05, 3.63) is 65.5 Å². The number of benzene rings is 2. The predicted molar refractivity (Wildman–Crippen MR) is 109 cm³/mol. The SMILES string of the molecule is CN=C(NCCNC(=O)Cc1cccc(F)c1)N(C)Cc1ccccc1OC. The Morgan fingerprint density at radius 1 is 1.14 bits per heavy atom. The van der Waals surface area contributed by atoms with Crippen LogP contribution in [0.1, 0.15) is 11.1 Å². The number of methoxy groups -OCH3 is 1. The molecule has 0 atom stereocenters. The van der Waals surface area contributed by atoms with Crippen molar-refractivity contribution in [3.63, 3.8) is 0 Å². The summed E-state index contributed by atoms with van der Waals surface area (Å²) in [5, 5.41) is 6.04. The van der Waals surface area contributed by atoms with Gasteiger partial charge in [-0.3, -0.25) is 9.79 Å². The zero-order chi connectivity index (χ0) is 20.4. The monoisotopic (exact) mass is 386 g/mol. The highest BCUT2D eigenvalue weighted by Gasteiger charge is 2.10. The summed E-state index contributed by atoms with van der Waals surface area (Å²) in [7, 11) is 5.30. The predicted octanol–water partition coefficient (Wildman–Crippen LogP) is 2.20. The summed E-state index contributed by atoms with van der Waals surface area (Å²) in [6.45, 7) is 1.60. The molecule has 0 aliphatic carbocycles. The fourth-order valence-electron chi connectivity index (χ4n) is 2.82. The molecule has 0 heterocycles. The third kappa shape index (κ3) is 6.57. The molecule has 0 fully saturated rings. The molecule has 0 saturated carbocycles. The van der Waals surface area contributed by atoms with Crippen LogP contribution < -0.4 is 15.4 Å². The summed E-state index contributed by atoms with van der Waals surface area (Å²) in [5.41, 5.74) is 1.71. The number of hydrogen-bond acceptors (Lipinski definition) is 3. The molecule has 0 radical (unpaired) electrons. The third-order valence-corrected chi connectivity index (χ3v) is 4.16. The average Bonchev–Trinajstić information content (AvgIpc) is 2.68. The lowest BCUT2D eigenvalue weighted by molar-refractivity contribution is -0.120. The molecule has 0 aliphatic rings. The lowest BCUT2D eigenvalue weighted by atomic mass is 10.1. The van der Waals surface area contributed by atoms with Crippen LogP contribution in [0, 0.1) is 5.82 Å². The number of rotatable bonds is 8. The van der Waals surface area contributed by atoms with Crippen molar-refractivity contribution < 1.29 is 13.9 Å². The molecule has 0 saturated heterocycles. The summed E-state index contributed by atoms with van der Waals surface area (Å²) in [5.74, 6) is 1.05. The lowest BCUT2D eigenvalue weighted by Crippen LogP contribution is -2.42. The van der Waals surface area contributed by atoms with Crippen molar-refractivity contribution in [1.29, 1.82) is 0 Å². The highest BCUT2D eigenvalue weighted by Crippen LogP contribution is 2.18. The summed E-state index contributed by atoms with van der Waals surface area (Å²) < 4.78 is 18.5. The number of guanidine groups is 1. The van der Waals surface area contributed by atoms with Crippen molar-refractivity contribution in [1.82, 2.24) is 15.5 Å². The van der Waals surface area contributed by atoms with Crippen LogP contribution in [0.5, 0.6) is 5.75 Å². The second kappa shape index (κ2) is 10.9. The van der Waals surface area contributed by atoms with Gasteiger partial charge in [0.2, 0.25) is 5.91 Å². The van der Waals surface area contributed by atoms with E-state index < -0.39 is 0 Å². The third-order valence-electron chi connectivity index (χ3n) is 4.16. The molecule has 0 bridgehead atoms. The summed E-state index contributed by atoms with van der Waals surface area (Å²) in [4.78, 5) is 18.2. The lowest BCUT2D eigenvalue weighted by Gasteiger charge is -2.23. The van der Waals surface area contributed by atoms with E-state index in [2.05, 4.69) is 15.6 Å². The number of carbonyl (C=O) groups excluding carboxylic acids is 1. The Hall–Kier alpha value is -3.09. The minimum absolute atomic E-state index is 0.148. The van der Waals surface area contributed by atoms with E-state index in [1.165, 1.54) is 12.1 Å². The van der Waals surface area contributed by atoms with E-state index >= 15 is 0 Å². The molecule has 1 amide bonds. The largest absolute Gasteiger partial charge is 0.496 e. The molecular formula is C21H27FN4O2. The van der Waals surface area contributed by atoms with Gasteiger partial charge in [0, 0.05) is 39.3 Å². The molecule has 7 heteroatoms. The van der Waals surface area contributed by atoms with E-state index in [4.69, 9.17) is 4.74 Å².